The summed E-state index contributed by atoms with van der Waals surface area (Å²) in [5.41, 5.74) is 3.49. The van der Waals surface area contributed by atoms with Crippen LogP contribution in [0, 0.1) is 6.92 Å². The van der Waals surface area contributed by atoms with E-state index < -0.39 is 10.0 Å². The topological polar surface area (TPSA) is 121 Å². The lowest BCUT2D eigenvalue weighted by Gasteiger charge is -2.10. The summed E-state index contributed by atoms with van der Waals surface area (Å²) < 4.78 is 26.0. The second-order valence-electron chi connectivity index (χ2n) is 7.11. The molecule has 1 amide bonds. The highest BCUT2D eigenvalue weighted by Crippen LogP contribution is 2.27. The number of fused-ring (bicyclic) bond motifs is 3. The fourth-order valence-electron chi connectivity index (χ4n) is 2.93. The third-order valence-electron chi connectivity index (χ3n) is 4.61. The Bertz CT molecular complexity index is 1380. The normalized spacial score (nSPS) is 12.0. The van der Waals surface area contributed by atoms with Crippen LogP contribution in [0.3, 0.4) is 0 Å². The molecule has 0 aliphatic heterocycles. The van der Waals surface area contributed by atoms with Gasteiger partial charge in [-0.05, 0) is 37.3 Å². The Hall–Kier alpha value is -3.02. The molecule has 2 N–H and O–H groups in total. The van der Waals surface area contributed by atoms with Crippen LogP contribution in [-0.4, -0.2) is 58.6 Å². The van der Waals surface area contributed by atoms with E-state index in [1.807, 2.05) is 31.2 Å². The summed E-state index contributed by atoms with van der Waals surface area (Å²) >= 11 is 1.17. The quantitative estimate of drug-likeness (QED) is 0.428. The van der Waals surface area contributed by atoms with E-state index in [1.165, 1.54) is 31.9 Å². The Morgan fingerprint density at radius 1 is 1.13 bits per heavy atom. The number of sulfonamides is 1. The second-order valence-corrected chi connectivity index (χ2v) is 10.2. The average Bonchev–Trinajstić information content (AvgIpc) is 3.10. The Kier molecular flexibility index (Phi) is 5.65. The zero-order valence-corrected chi connectivity index (χ0v) is 18.7. The molecular formula is C20H20N6O3S2. The first kappa shape index (κ1) is 21.2. The van der Waals surface area contributed by atoms with E-state index in [0.717, 1.165) is 15.6 Å². The van der Waals surface area contributed by atoms with Crippen molar-refractivity contribution in [3.05, 3.63) is 48.0 Å². The average molecular weight is 457 g/mol. The van der Waals surface area contributed by atoms with Crippen molar-refractivity contribution in [1.29, 1.82) is 0 Å². The number of aromatic amines is 1. The molecule has 0 saturated heterocycles. The minimum absolute atomic E-state index is 0.131. The van der Waals surface area contributed by atoms with E-state index in [9.17, 15) is 13.2 Å². The molecule has 2 aromatic heterocycles. The molecule has 0 spiro atoms. The molecule has 0 saturated carbocycles. The molecule has 11 heteroatoms. The number of amides is 1. The van der Waals surface area contributed by atoms with Gasteiger partial charge in [0, 0.05) is 30.7 Å². The maximum absolute atomic E-state index is 12.4. The summed E-state index contributed by atoms with van der Waals surface area (Å²) in [7, 11) is -0.606. The minimum Gasteiger partial charge on any atom is -0.338 e. The fourth-order valence-corrected chi connectivity index (χ4v) is 4.45. The Labute approximate surface area is 183 Å². The summed E-state index contributed by atoms with van der Waals surface area (Å²) in [6.07, 6.45) is 0. The van der Waals surface area contributed by atoms with E-state index in [2.05, 4.69) is 25.5 Å². The summed E-state index contributed by atoms with van der Waals surface area (Å²) in [5.74, 6) is -0.0419. The highest BCUT2D eigenvalue weighted by Gasteiger charge is 2.19. The van der Waals surface area contributed by atoms with Crippen molar-refractivity contribution in [3.63, 3.8) is 0 Å². The van der Waals surface area contributed by atoms with Crippen molar-refractivity contribution in [3.8, 4) is 0 Å². The van der Waals surface area contributed by atoms with Crippen molar-refractivity contribution in [2.45, 2.75) is 17.0 Å². The van der Waals surface area contributed by atoms with Crippen molar-refractivity contribution >= 4 is 55.4 Å². The van der Waals surface area contributed by atoms with E-state index in [-0.39, 0.29) is 16.6 Å². The van der Waals surface area contributed by atoms with Gasteiger partial charge in [0.25, 0.3) is 0 Å². The van der Waals surface area contributed by atoms with E-state index in [0.29, 0.717) is 27.2 Å². The zero-order valence-electron chi connectivity index (χ0n) is 17.1. The first-order chi connectivity index (χ1) is 14.7. The van der Waals surface area contributed by atoms with E-state index in [1.54, 1.807) is 12.1 Å². The van der Waals surface area contributed by atoms with E-state index in [4.69, 9.17) is 0 Å². The lowest BCUT2D eigenvalue weighted by atomic mass is 10.2. The molecule has 31 heavy (non-hydrogen) atoms. The van der Waals surface area contributed by atoms with Gasteiger partial charge in [-0.2, -0.15) is 0 Å². The summed E-state index contributed by atoms with van der Waals surface area (Å²) in [5, 5.41) is 12.1. The monoisotopic (exact) mass is 456 g/mol. The van der Waals surface area contributed by atoms with Crippen LogP contribution in [0.15, 0.2) is 52.5 Å². The number of H-pyrrole nitrogens is 1. The van der Waals surface area contributed by atoms with Gasteiger partial charge in [-0.1, -0.05) is 29.5 Å². The number of hydrogen-bond acceptors (Lipinski definition) is 7. The number of aromatic nitrogens is 4. The largest absolute Gasteiger partial charge is 0.338 e. The second kappa shape index (κ2) is 8.25. The number of aryl methyl sites for hydroxylation is 1. The molecular weight excluding hydrogens is 436 g/mol. The Balaban J connectivity index is 1.53. The van der Waals surface area contributed by atoms with Gasteiger partial charge in [-0.25, -0.2) is 17.7 Å². The number of rotatable bonds is 6. The Morgan fingerprint density at radius 2 is 1.87 bits per heavy atom. The smallest absolute Gasteiger partial charge is 0.242 e. The molecule has 9 nitrogen and oxygen atoms in total. The maximum atomic E-state index is 12.4. The number of thioether (sulfide) groups is 1. The van der Waals surface area contributed by atoms with Crippen LogP contribution in [0.25, 0.3) is 22.1 Å². The zero-order chi connectivity index (χ0) is 22.2. The molecule has 2 aromatic carbocycles. The minimum atomic E-state index is -3.57. The van der Waals surface area contributed by atoms with Crippen molar-refractivity contribution in [1.82, 2.24) is 24.5 Å². The first-order valence-electron chi connectivity index (χ1n) is 9.32. The van der Waals surface area contributed by atoms with E-state index >= 15 is 0 Å². The highest BCUT2D eigenvalue weighted by molar-refractivity contribution is 7.99. The Morgan fingerprint density at radius 3 is 2.58 bits per heavy atom. The maximum Gasteiger partial charge on any atom is 0.242 e. The fraction of sp³-hybridized carbons (Fsp3) is 0.200. The molecule has 0 radical (unpaired) electrons. The van der Waals surface area contributed by atoms with Gasteiger partial charge in [0.15, 0.2) is 5.65 Å². The van der Waals surface area contributed by atoms with Gasteiger partial charge in [0.1, 0.15) is 5.52 Å². The first-order valence-corrected chi connectivity index (χ1v) is 11.7. The van der Waals surface area contributed by atoms with Gasteiger partial charge in [-0.3, -0.25) is 4.79 Å². The molecule has 0 aliphatic rings. The van der Waals surface area contributed by atoms with Gasteiger partial charge < -0.3 is 10.3 Å². The molecule has 2 heterocycles. The molecule has 0 aliphatic carbocycles. The van der Waals surface area contributed by atoms with Crippen molar-refractivity contribution in [2.24, 2.45) is 0 Å². The van der Waals surface area contributed by atoms with Gasteiger partial charge >= 0.3 is 0 Å². The van der Waals surface area contributed by atoms with Crippen molar-refractivity contribution in [2.75, 3.05) is 25.2 Å². The number of hydrogen-bond donors (Lipinski definition) is 2. The number of benzene rings is 2. The van der Waals surface area contributed by atoms with Crippen molar-refractivity contribution < 1.29 is 13.2 Å². The lowest BCUT2D eigenvalue weighted by molar-refractivity contribution is -0.113. The number of carbonyl (C=O) groups excluding carboxylic acids is 1. The number of nitrogens with zero attached hydrogens (tertiary/aromatic N) is 4. The number of carbonyl (C=O) groups is 1. The molecule has 160 valence electrons. The van der Waals surface area contributed by atoms with Gasteiger partial charge in [0.2, 0.25) is 21.1 Å². The molecule has 4 rings (SSSR count). The standard InChI is InChI=1S/C20H20N6O3S2/c1-12-4-6-13(7-5-12)21-17(27)11-30-20-23-19-18(24-25-20)15-10-14(8-9-16(15)22-19)31(28,29)26(2)3/h4-10H,11H2,1-3H3,(H,21,27)(H,22,23,25). The van der Waals surface area contributed by atoms with Gasteiger partial charge in [0.05, 0.1) is 10.6 Å². The predicted octanol–water partition coefficient (Wildman–Crippen LogP) is 2.80. The summed E-state index contributed by atoms with van der Waals surface area (Å²) in [6, 6.07) is 12.3. The third-order valence-corrected chi connectivity index (χ3v) is 7.26. The highest BCUT2D eigenvalue weighted by atomic mass is 32.2. The van der Waals surface area contributed by atoms with Crippen LogP contribution in [0.4, 0.5) is 5.69 Å². The number of anilines is 1. The summed E-state index contributed by atoms with van der Waals surface area (Å²) in [4.78, 5) is 19.9. The molecule has 4 aromatic rings. The number of nitrogens with one attached hydrogen (secondary N) is 2. The third kappa shape index (κ3) is 4.38. The lowest BCUT2D eigenvalue weighted by Crippen LogP contribution is -2.22. The SMILES string of the molecule is Cc1ccc(NC(=O)CSc2nnc3c(n2)[nH]c2ccc(S(=O)(=O)N(C)C)cc23)cc1. The van der Waals surface area contributed by atoms with Crippen LogP contribution in [-0.2, 0) is 14.8 Å². The van der Waals surface area contributed by atoms with Crippen LogP contribution in [0.1, 0.15) is 5.56 Å². The molecule has 0 bridgehead atoms. The summed E-state index contributed by atoms with van der Waals surface area (Å²) in [6.45, 7) is 1.98. The molecule has 0 fully saturated rings. The predicted molar refractivity (Wildman–Crippen MR) is 121 cm³/mol. The molecule has 0 atom stereocenters. The van der Waals surface area contributed by atoms with Crippen LogP contribution >= 0.6 is 11.8 Å². The van der Waals surface area contributed by atoms with Crippen LogP contribution in [0.5, 0.6) is 0 Å². The molecule has 0 unspecified atom stereocenters. The van der Waals surface area contributed by atoms with Gasteiger partial charge in [-0.15, -0.1) is 10.2 Å². The van der Waals surface area contributed by atoms with Crippen LogP contribution < -0.4 is 5.32 Å². The van der Waals surface area contributed by atoms with Crippen LogP contribution in [0.2, 0.25) is 0 Å².